The molecule has 1 fully saturated rings. The first kappa shape index (κ1) is 13.7. The van der Waals surface area contributed by atoms with E-state index in [-0.39, 0.29) is 0 Å². The van der Waals surface area contributed by atoms with Gasteiger partial charge in [0.1, 0.15) is 0 Å². The standard InChI is InChI=1S/C14H20N2O3/c1-18-9-11-4-3-7-16(11)10-5-6-13(15)12(8-10)14(17)19-2/h5-6,8,11H,3-4,7,9,15H2,1-2H3/t11-/m1/s1. The van der Waals surface area contributed by atoms with Crippen molar-refractivity contribution in [3.05, 3.63) is 23.8 Å². The second kappa shape index (κ2) is 5.93. The number of rotatable bonds is 4. The van der Waals surface area contributed by atoms with Crippen LogP contribution in [0.25, 0.3) is 0 Å². The second-order valence-corrected chi connectivity index (χ2v) is 4.71. The van der Waals surface area contributed by atoms with E-state index in [0.29, 0.717) is 23.9 Å². The molecule has 19 heavy (non-hydrogen) atoms. The normalized spacial score (nSPS) is 18.6. The van der Waals surface area contributed by atoms with Gasteiger partial charge in [-0.05, 0) is 31.0 Å². The first-order valence-corrected chi connectivity index (χ1v) is 6.40. The lowest BCUT2D eigenvalue weighted by Crippen LogP contribution is -2.32. The fourth-order valence-corrected chi connectivity index (χ4v) is 2.55. The molecular weight excluding hydrogens is 244 g/mol. The minimum Gasteiger partial charge on any atom is -0.465 e. The first-order chi connectivity index (χ1) is 9.17. The van der Waals surface area contributed by atoms with Gasteiger partial charge in [-0.25, -0.2) is 4.79 Å². The highest BCUT2D eigenvalue weighted by Gasteiger charge is 2.25. The summed E-state index contributed by atoms with van der Waals surface area (Å²) in [5.41, 5.74) is 7.67. The zero-order chi connectivity index (χ0) is 13.8. The number of ether oxygens (including phenoxy) is 2. The zero-order valence-electron chi connectivity index (χ0n) is 11.4. The Kier molecular flexibility index (Phi) is 4.27. The van der Waals surface area contributed by atoms with Crippen molar-refractivity contribution in [2.75, 3.05) is 38.0 Å². The van der Waals surface area contributed by atoms with E-state index in [4.69, 9.17) is 15.2 Å². The molecule has 1 aromatic rings. The lowest BCUT2D eigenvalue weighted by molar-refractivity contribution is 0.0602. The van der Waals surface area contributed by atoms with Crippen molar-refractivity contribution in [3.63, 3.8) is 0 Å². The highest BCUT2D eigenvalue weighted by molar-refractivity contribution is 5.96. The minimum absolute atomic E-state index is 0.360. The average Bonchev–Trinajstić information content (AvgIpc) is 2.87. The van der Waals surface area contributed by atoms with E-state index in [2.05, 4.69) is 4.90 Å². The average molecular weight is 264 g/mol. The number of carbonyl (C=O) groups excluding carboxylic acids is 1. The number of nitrogens with zero attached hydrogens (tertiary/aromatic N) is 1. The van der Waals surface area contributed by atoms with Gasteiger partial charge in [0.05, 0.1) is 25.3 Å². The summed E-state index contributed by atoms with van der Waals surface area (Å²) < 4.78 is 9.99. The minimum atomic E-state index is -0.401. The summed E-state index contributed by atoms with van der Waals surface area (Å²) in [5.74, 6) is -0.401. The third-order valence-corrected chi connectivity index (χ3v) is 3.51. The molecule has 1 aromatic carbocycles. The van der Waals surface area contributed by atoms with Gasteiger partial charge < -0.3 is 20.1 Å². The molecule has 0 saturated carbocycles. The van der Waals surface area contributed by atoms with Crippen LogP contribution in [0.5, 0.6) is 0 Å². The number of carbonyl (C=O) groups is 1. The summed E-state index contributed by atoms with van der Waals surface area (Å²) in [7, 11) is 3.07. The van der Waals surface area contributed by atoms with E-state index in [1.54, 1.807) is 19.2 Å². The fourth-order valence-electron chi connectivity index (χ4n) is 2.55. The maximum Gasteiger partial charge on any atom is 0.340 e. The van der Waals surface area contributed by atoms with E-state index in [1.165, 1.54) is 7.11 Å². The predicted octanol–water partition coefficient (Wildman–Crippen LogP) is 1.67. The molecule has 5 heteroatoms. The van der Waals surface area contributed by atoms with Crippen molar-refractivity contribution in [2.45, 2.75) is 18.9 Å². The molecule has 1 aliphatic heterocycles. The lowest BCUT2D eigenvalue weighted by Gasteiger charge is -2.26. The van der Waals surface area contributed by atoms with Crippen LogP contribution in [-0.4, -0.2) is 39.4 Å². The molecule has 0 radical (unpaired) electrons. The highest BCUT2D eigenvalue weighted by atomic mass is 16.5. The maximum absolute atomic E-state index is 11.7. The Balaban J connectivity index is 2.27. The molecular formula is C14H20N2O3. The van der Waals surface area contributed by atoms with E-state index in [9.17, 15) is 4.79 Å². The number of anilines is 2. The Hall–Kier alpha value is -1.75. The van der Waals surface area contributed by atoms with Crippen molar-refractivity contribution in [2.24, 2.45) is 0 Å². The van der Waals surface area contributed by atoms with Crippen LogP contribution in [0.15, 0.2) is 18.2 Å². The molecule has 0 unspecified atom stereocenters. The topological polar surface area (TPSA) is 64.8 Å². The van der Waals surface area contributed by atoms with Gasteiger partial charge in [-0.1, -0.05) is 0 Å². The molecule has 104 valence electrons. The Morgan fingerprint density at radius 3 is 2.95 bits per heavy atom. The molecule has 0 bridgehead atoms. The van der Waals surface area contributed by atoms with E-state index in [0.717, 1.165) is 25.1 Å². The SMILES string of the molecule is COC[C@H]1CCCN1c1ccc(N)c(C(=O)OC)c1. The maximum atomic E-state index is 11.7. The summed E-state index contributed by atoms with van der Waals surface area (Å²) in [6.45, 7) is 1.66. The highest BCUT2D eigenvalue weighted by Crippen LogP contribution is 2.28. The van der Waals surface area contributed by atoms with Gasteiger partial charge in [0, 0.05) is 25.0 Å². The van der Waals surface area contributed by atoms with Crippen LogP contribution in [-0.2, 0) is 9.47 Å². The Morgan fingerprint density at radius 2 is 2.26 bits per heavy atom. The summed E-state index contributed by atoms with van der Waals surface area (Å²) >= 11 is 0. The van der Waals surface area contributed by atoms with Gasteiger partial charge in [0.15, 0.2) is 0 Å². The molecule has 0 spiro atoms. The van der Waals surface area contributed by atoms with Crippen molar-refractivity contribution < 1.29 is 14.3 Å². The number of benzene rings is 1. The second-order valence-electron chi connectivity index (χ2n) is 4.71. The number of methoxy groups -OCH3 is 2. The molecule has 1 heterocycles. The number of hydrogen-bond donors (Lipinski definition) is 1. The zero-order valence-corrected chi connectivity index (χ0v) is 11.4. The monoisotopic (exact) mass is 264 g/mol. The fraction of sp³-hybridized carbons (Fsp3) is 0.500. The molecule has 0 aliphatic carbocycles. The van der Waals surface area contributed by atoms with Crippen LogP contribution in [0.4, 0.5) is 11.4 Å². The number of nitrogens with two attached hydrogens (primary N) is 1. The molecule has 1 atom stereocenters. The number of esters is 1. The smallest absolute Gasteiger partial charge is 0.340 e. The van der Waals surface area contributed by atoms with Gasteiger partial charge in [0.25, 0.3) is 0 Å². The Morgan fingerprint density at radius 1 is 1.47 bits per heavy atom. The molecule has 1 saturated heterocycles. The first-order valence-electron chi connectivity index (χ1n) is 6.40. The van der Waals surface area contributed by atoms with Crippen molar-refractivity contribution in [1.29, 1.82) is 0 Å². The third-order valence-electron chi connectivity index (χ3n) is 3.51. The quantitative estimate of drug-likeness (QED) is 0.662. The van der Waals surface area contributed by atoms with Gasteiger partial charge in [-0.3, -0.25) is 0 Å². The molecule has 2 N–H and O–H groups in total. The van der Waals surface area contributed by atoms with Crippen molar-refractivity contribution >= 4 is 17.3 Å². The van der Waals surface area contributed by atoms with Crippen LogP contribution in [0.3, 0.4) is 0 Å². The third kappa shape index (κ3) is 2.81. The van der Waals surface area contributed by atoms with Gasteiger partial charge in [0.2, 0.25) is 0 Å². The molecule has 5 nitrogen and oxygen atoms in total. The molecule has 0 amide bonds. The summed E-state index contributed by atoms with van der Waals surface area (Å²) in [5, 5.41) is 0. The van der Waals surface area contributed by atoms with E-state index in [1.807, 2.05) is 6.07 Å². The Bertz CT molecular complexity index is 462. The van der Waals surface area contributed by atoms with Gasteiger partial charge >= 0.3 is 5.97 Å². The number of nitrogen functional groups attached to an aromatic ring is 1. The lowest BCUT2D eigenvalue weighted by atomic mass is 10.1. The van der Waals surface area contributed by atoms with Crippen molar-refractivity contribution in [1.82, 2.24) is 0 Å². The van der Waals surface area contributed by atoms with Crippen molar-refractivity contribution in [3.8, 4) is 0 Å². The predicted molar refractivity (Wildman–Crippen MR) is 74.4 cm³/mol. The van der Waals surface area contributed by atoms with E-state index >= 15 is 0 Å². The summed E-state index contributed by atoms with van der Waals surface area (Å²) in [4.78, 5) is 13.9. The number of hydrogen-bond acceptors (Lipinski definition) is 5. The molecule has 0 aromatic heterocycles. The van der Waals surface area contributed by atoms with E-state index < -0.39 is 5.97 Å². The van der Waals surface area contributed by atoms with Crippen LogP contribution in [0, 0.1) is 0 Å². The van der Waals surface area contributed by atoms with Crippen LogP contribution in [0.2, 0.25) is 0 Å². The summed E-state index contributed by atoms with van der Waals surface area (Å²) in [6.07, 6.45) is 2.23. The van der Waals surface area contributed by atoms with Crippen LogP contribution < -0.4 is 10.6 Å². The van der Waals surface area contributed by atoms with Crippen LogP contribution in [0.1, 0.15) is 23.2 Å². The molecule has 1 aliphatic rings. The Labute approximate surface area is 113 Å². The summed E-state index contributed by atoms with van der Waals surface area (Å²) in [6, 6.07) is 5.86. The largest absolute Gasteiger partial charge is 0.465 e. The van der Waals surface area contributed by atoms with Gasteiger partial charge in [-0.2, -0.15) is 0 Å². The van der Waals surface area contributed by atoms with Crippen LogP contribution >= 0.6 is 0 Å². The molecule has 2 rings (SSSR count). The van der Waals surface area contributed by atoms with Gasteiger partial charge in [-0.15, -0.1) is 0 Å².